The van der Waals surface area contributed by atoms with Crippen LogP contribution in [0.25, 0.3) is 0 Å². The van der Waals surface area contributed by atoms with Crippen LogP contribution in [0.1, 0.15) is 53.9 Å². The molecule has 23 heavy (non-hydrogen) atoms. The van der Waals surface area contributed by atoms with Gasteiger partial charge in [0.15, 0.2) is 0 Å². The first kappa shape index (κ1) is 18.5. The van der Waals surface area contributed by atoms with Gasteiger partial charge in [-0.3, -0.25) is 4.90 Å². The van der Waals surface area contributed by atoms with Gasteiger partial charge in [0.25, 0.3) is 0 Å². The van der Waals surface area contributed by atoms with Gasteiger partial charge in [0.2, 0.25) is 0 Å². The Morgan fingerprint density at radius 1 is 1.26 bits per heavy atom. The van der Waals surface area contributed by atoms with Crippen LogP contribution in [0.15, 0.2) is 0 Å². The summed E-state index contributed by atoms with van der Waals surface area (Å²) in [7, 11) is 0. The number of nitrogens with two attached hydrogens (primary N) is 1. The normalized spacial score (nSPS) is 34.1. The molecule has 1 saturated carbocycles. The van der Waals surface area contributed by atoms with Gasteiger partial charge in [-0.2, -0.15) is 0 Å². The van der Waals surface area contributed by atoms with Gasteiger partial charge in [-0.1, -0.05) is 20.3 Å². The van der Waals surface area contributed by atoms with Gasteiger partial charge in [-0.05, 0) is 51.4 Å². The standard InChI is InChI=1S/C18H34N2O3/c1-12-6-7-14(10-13(12)2)16(19)15-11-22-9-8-20(15)17(21)23-18(3,4)5/h12-16H,6-11,19H2,1-5H3. The van der Waals surface area contributed by atoms with Crippen molar-refractivity contribution >= 4 is 6.09 Å². The molecule has 2 fully saturated rings. The first-order valence-electron chi connectivity index (χ1n) is 9.02. The molecule has 5 unspecified atom stereocenters. The molecule has 0 radical (unpaired) electrons. The van der Waals surface area contributed by atoms with Crippen LogP contribution in [-0.2, 0) is 9.47 Å². The van der Waals surface area contributed by atoms with Gasteiger partial charge in [0, 0.05) is 12.6 Å². The molecule has 5 heteroatoms. The van der Waals surface area contributed by atoms with Crippen molar-refractivity contribution in [3.05, 3.63) is 0 Å². The third kappa shape index (κ3) is 4.83. The zero-order valence-electron chi connectivity index (χ0n) is 15.4. The van der Waals surface area contributed by atoms with Crippen LogP contribution in [-0.4, -0.2) is 48.4 Å². The quantitative estimate of drug-likeness (QED) is 0.847. The maximum Gasteiger partial charge on any atom is 0.410 e. The Hall–Kier alpha value is -0.810. The molecule has 0 spiro atoms. The van der Waals surface area contributed by atoms with Crippen LogP contribution in [0.5, 0.6) is 0 Å². The highest BCUT2D eigenvalue weighted by molar-refractivity contribution is 5.68. The number of morpholine rings is 1. The van der Waals surface area contributed by atoms with Gasteiger partial charge < -0.3 is 15.2 Å². The SMILES string of the molecule is CC1CCC(C(N)C2COCCN2C(=O)OC(C)(C)C)CC1C. The minimum absolute atomic E-state index is 0.0437. The summed E-state index contributed by atoms with van der Waals surface area (Å²) in [4.78, 5) is 14.3. The lowest BCUT2D eigenvalue weighted by atomic mass is 9.72. The molecule has 134 valence electrons. The van der Waals surface area contributed by atoms with Crippen molar-refractivity contribution in [2.75, 3.05) is 19.8 Å². The molecular weight excluding hydrogens is 292 g/mol. The predicted molar refractivity (Wildman–Crippen MR) is 91.2 cm³/mol. The molecule has 5 atom stereocenters. The Labute approximate surface area is 140 Å². The number of nitrogens with zero attached hydrogens (tertiary/aromatic N) is 1. The van der Waals surface area contributed by atoms with E-state index in [9.17, 15) is 4.79 Å². The summed E-state index contributed by atoms with van der Waals surface area (Å²) in [5, 5.41) is 0. The summed E-state index contributed by atoms with van der Waals surface area (Å²) in [5.41, 5.74) is 6.11. The van der Waals surface area contributed by atoms with E-state index in [1.807, 2.05) is 20.8 Å². The van der Waals surface area contributed by atoms with Crippen LogP contribution in [0.3, 0.4) is 0 Å². The van der Waals surface area contributed by atoms with Gasteiger partial charge in [0.05, 0.1) is 19.3 Å². The molecule has 2 N–H and O–H groups in total. The van der Waals surface area contributed by atoms with Crippen molar-refractivity contribution in [3.8, 4) is 0 Å². The number of carbonyl (C=O) groups is 1. The fourth-order valence-corrected chi connectivity index (χ4v) is 3.74. The summed E-state index contributed by atoms with van der Waals surface area (Å²) >= 11 is 0. The molecule has 1 aliphatic carbocycles. The zero-order chi connectivity index (χ0) is 17.2. The fraction of sp³-hybridized carbons (Fsp3) is 0.944. The van der Waals surface area contributed by atoms with E-state index in [2.05, 4.69) is 13.8 Å². The number of hydrogen-bond donors (Lipinski definition) is 1. The molecular formula is C18H34N2O3. The van der Waals surface area contributed by atoms with Crippen molar-refractivity contribution in [1.82, 2.24) is 4.90 Å². The minimum Gasteiger partial charge on any atom is -0.444 e. The molecule has 0 aromatic carbocycles. The molecule has 0 bridgehead atoms. The molecule has 0 aromatic heterocycles. The van der Waals surface area contributed by atoms with Crippen LogP contribution in [0, 0.1) is 17.8 Å². The van der Waals surface area contributed by atoms with E-state index in [-0.39, 0.29) is 18.2 Å². The molecule has 1 saturated heterocycles. The molecule has 5 nitrogen and oxygen atoms in total. The van der Waals surface area contributed by atoms with Crippen molar-refractivity contribution in [3.63, 3.8) is 0 Å². The number of ether oxygens (including phenoxy) is 2. The summed E-state index contributed by atoms with van der Waals surface area (Å²) in [6, 6.07) is -0.123. The Kier molecular flexibility index (Phi) is 5.95. The number of carbonyl (C=O) groups excluding carboxylic acids is 1. The van der Waals surface area contributed by atoms with Gasteiger partial charge >= 0.3 is 6.09 Å². The summed E-state index contributed by atoms with van der Waals surface area (Å²) in [5.74, 6) is 1.92. The Balaban J connectivity index is 2.04. The van der Waals surface area contributed by atoms with E-state index < -0.39 is 5.60 Å². The van der Waals surface area contributed by atoms with E-state index in [1.54, 1.807) is 4.90 Å². The Morgan fingerprint density at radius 3 is 2.57 bits per heavy atom. The van der Waals surface area contributed by atoms with Crippen LogP contribution < -0.4 is 5.73 Å². The van der Waals surface area contributed by atoms with E-state index in [4.69, 9.17) is 15.2 Å². The first-order valence-corrected chi connectivity index (χ1v) is 9.02. The smallest absolute Gasteiger partial charge is 0.410 e. The monoisotopic (exact) mass is 326 g/mol. The lowest BCUT2D eigenvalue weighted by molar-refractivity contribution is -0.0454. The van der Waals surface area contributed by atoms with E-state index in [0.717, 1.165) is 18.8 Å². The first-order chi connectivity index (χ1) is 10.7. The molecule has 1 heterocycles. The van der Waals surface area contributed by atoms with Crippen LogP contribution >= 0.6 is 0 Å². The van der Waals surface area contributed by atoms with Gasteiger partial charge in [0.1, 0.15) is 5.60 Å². The summed E-state index contributed by atoms with van der Waals surface area (Å²) < 4.78 is 11.2. The average Bonchev–Trinajstić information content (AvgIpc) is 2.47. The fourth-order valence-electron chi connectivity index (χ4n) is 3.74. The van der Waals surface area contributed by atoms with Crippen molar-refractivity contribution in [1.29, 1.82) is 0 Å². The molecule has 2 aliphatic rings. The van der Waals surface area contributed by atoms with Crippen molar-refractivity contribution < 1.29 is 14.3 Å². The summed E-state index contributed by atoms with van der Waals surface area (Å²) in [6.07, 6.45) is 3.24. The number of hydrogen-bond acceptors (Lipinski definition) is 4. The maximum absolute atomic E-state index is 12.5. The highest BCUT2D eigenvalue weighted by Gasteiger charge is 2.39. The lowest BCUT2D eigenvalue weighted by Crippen LogP contribution is -2.60. The third-order valence-electron chi connectivity index (χ3n) is 5.42. The number of rotatable bonds is 2. The second kappa shape index (κ2) is 7.39. The third-order valence-corrected chi connectivity index (χ3v) is 5.42. The highest BCUT2D eigenvalue weighted by Crippen LogP contribution is 2.36. The zero-order valence-corrected chi connectivity index (χ0v) is 15.4. The van der Waals surface area contributed by atoms with Gasteiger partial charge in [-0.15, -0.1) is 0 Å². The van der Waals surface area contributed by atoms with Gasteiger partial charge in [-0.25, -0.2) is 4.79 Å². The van der Waals surface area contributed by atoms with Crippen molar-refractivity contribution in [2.24, 2.45) is 23.5 Å². The molecule has 1 aliphatic heterocycles. The van der Waals surface area contributed by atoms with Crippen molar-refractivity contribution in [2.45, 2.75) is 71.6 Å². The summed E-state index contributed by atoms with van der Waals surface area (Å²) in [6.45, 7) is 11.9. The number of amides is 1. The topological polar surface area (TPSA) is 64.8 Å². The molecule has 0 aromatic rings. The average molecular weight is 326 g/mol. The largest absolute Gasteiger partial charge is 0.444 e. The molecule has 2 rings (SSSR count). The lowest BCUT2D eigenvalue weighted by Gasteiger charge is -2.44. The van der Waals surface area contributed by atoms with E-state index >= 15 is 0 Å². The van der Waals surface area contributed by atoms with E-state index in [0.29, 0.717) is 31.6 Å². The maximum atomic E-state index is 12.5. The minimum atomic E-state index is -0.487. The second-order valence-corrected chi connectivity index (χ2v) is 8.42. The van der Waals surface area contributed by atoms with Crippen LogP contribution in [0.4, 0.5) is 4.79 Å². The Bertz CT molecular complexity index is 408. The molecule has 1 amide bonds. The van der Waals surface area contributed by atoms with E-state index in [1.165, 1.54) is 6.42 Å². The predicted octanol–water partition coefficient (Wildman–Crippen LogP) is 3.02. The highest BCUT2D eigenvalue weighted by atomic mass is 16.6. The Morgan fingerprint density at radius 2 is 1.96 bits per heavy atom. The van der Waals surface area contributed by atoms with Crippen LogP contribution in [0.2, 0.25) is 0 Å². The second-order valence-electron chi connectivity index (χ2n) is 8.42.